The van der Waals surface area contributed by atoms with Crippen LogP contribution in [-0.4, -0.2) is 47.3 Å². The van der Waals surface area contributed by atoms with E-state index >= 15 is 0 Å². The molecule has 10 heteroatoms. The van der Waals surface area contributed by atoms with E-state index in [4.69, 9.17) is 29.3 Å². The molecule has 1 aliphatic rings. The number of aliphatic carboxylic acids is 2. The van der Waals surface area contributed by atoms with E-state index in [9.17, 15) is 10.1 Å². The summed E-state index contributed by atoms with van der Waals surface area (Å²) in [6.07, 6.45) is 4.83. The van der Waals surface area contributed by atoms with Crippen LogP contribution in [0.2, 0.25) is 0 Å². The molecule has 0 amide bonds. The summed E-state index contributed by atoms with van der Waals surface area (Å²) in [4.78, 5) is 29.1. The average Bonchev–Trinajstić information content (AvgIpc) is 2.66. The monoisotopic (exact) mass is 398 g/mol. The van der Waals surface area contributed by atoms with Crippen molar-refractivity contribution in [3.8, 4) is 11.5 Å². The third-order valence-electron chi connectivity index (χ3n) is 4.63. The molecule has 1 aliphatic carbocycles. The fourth-order valence-corrected chi connectivity index (χ4v) is 3.08. The van der Waals surface area contributed by atoms with Crippen molar-refractivity contribution in [1.29, 1.82) is 0 Å². The second kappa shape index (κ2) is 11.1. The van der Waals surface area contributed by atoms with Crippen molar-refractivity contribution in [2.45, 2.75) is 45.2 Å². The molecule has 0 saturated heterocycles. The number of nitro benzene ring substituents is 1. The zero-order valence-electron chi connectivity index (χ0n) is 16.1. The van der Waals surface area contributed by atoms with Gasteiger partial charge in [0.25, 0.3) is 5.69 Å². The van der Waals surface area contributed by atoms with Gasteiger partial charge < -0.3 is 25.0 Å². The highest BCUT2D eigenvalue weighted by Crippen LogP contribution is 2.34. The molecule has 1 fully saturated rings. The van der Waals surface area contributed by atoms with Gasteiger partial charge in [-0.05, 0) is 24.8 Å². The van der Waals surface area contributed by atoms with Gasteiger partial charge in [-0.3, -0.25) is 10.1 Å². The average molecular weight is 398 g/mol. The quantitative estimate of drug-likeness (QED) is 0.373. The number of hydrogen-bond donors (Lipinski definition) is 3. The molecule has 0 bridgehead atoms. The van der Waals surface area contributed by atoms with Crippen molar-refractivity contribution in [1.82, 2.24) is 5.32 Å². The van der Waals surface area contributed by atoms with Crippen LogP contribution in [0.5, 0.6) is 11.5 Å². The van der Waals surface area contributed by atoms with Crippen LogP contribution < -0.4 is 14.8 Å². The largest absolute Gasteiger partial charge is 0.493 e. The lowest BCUT2D eigenvalue weighted by molar-refractivity contribution is -0.385. The van der Waals surface area contributed by atoms with Crippen LogP contribution in [0, 0.1) is 16.0 Å². The molecule has 1 aromatic rings. The van der Waals surface area contributed by atoms with E-state index in [1.165, 1.54) is 39.5 Å². The lowest BCUT2D eigenvalue weighted by Crippen LogP contribution is -2.36. The van der Waals surface area contributed by atoms with Gasteiger partial charge in [-0.15, -0.1) is 0 Å². The minimum Gasteiger partial charge on any atom is -0.493 e. The van der Waals surface area contributed by atoms with Crippen molar-refractivity contribution in [2.24, 2.45) is 5.92 Å². The summed E-state index contributed by atoms with van der Waals surface area (Å²) in [6.45, 7) is 2.70. The number of ether oxygens (including phenoxy) is 2. The molecular formula is C18H26N2O8. The minimum atomic E-state index is -1.82. The Morgan fingerprint density at radius 2 is 1.68 bits per heavy atom. The number of nitrogens with one attached hydrogen (secondary N) is 1. The summed E-state index contributed by atoms with van der Waals surface area (Å²) in [5, 5.41) is 29.5. The Morgan fingerprint density at radius 3 is 2.14 bits per heavy atom. The molecule has 2 atom stereocenters. The van der Waals surface area contributed by atoms with Gasteiger partial charge in [0, 0.05) is 18.2 Å². The summed E-state index contributed by atoms with van der Waals surface area (Å²) in [5.41, 5.74) is 0.689. The number of benzene rings is 1. The molecule has 3 N–H and O–H groups in total. The van der Waals surface area contributed by atoms with Crippen LogP contribution in [-0.2, 0) is 16.1 Å². The van der Waals surface area contributed by atoms with Crippen LogP contribution in [0.3, 0.4) is 0 Å². The number of nitrogens with zero attached hydrogens (tertiary/aromatic N) is 1. The van der Waals surface area contributed by atoms with E-state index < -0.39 is 11.9 Å². The number of carbonyl (C=O) groups is 2. The van der Waals surface area contributed by atoms with Crippen LogP contribution in [0.15, 0.2) is 12.1 Å². The maximum Gasteiger partial charge on any atom is 0.414 e. The van der Waals surface area contributed by atoms with Crippen LogP contribution in [0.1, 0.15) is 38.2 Å². The Bertz CT molecular complexity index is 695. The van der Waals surface area contributed by atoms with E-state index in [1.807, 2.05) is 0 Å². The SMILES string of the molecule is COc1cc(CNC2CCCCC2C)c([N+](=O)[O-])cc1OC.O=C(O)C(=O)O. The highest BCUT2D eigenvalue weighted by Gasteiger charge is 2.23. The number of nitro groups is 1. The van der Waals surface area contributed by atoms with Crippen LogP contribution >= 0.6 is 0 Å². The van der Waals surface area contributed by atoms with Crippen LogP contribution in [0.4, 0.5) is 5.69 Å². The van der Waals surface area contributed by atoms with Gasteiger partial charge in [-0.1, -0.05) is 19.8 Å². The standard InChI is InChI=1S/C16H24N2O4.C2H2O4/c1-11-6-4-5-7-13(11)17-10-12-8-15(21-2)16(22-3)9-14(12)18(19)20;3-1(4)2(5)6/h8-9,11,13,17H,4-7,10H2,1-3H3;(H,3,4)(H,5,6). The fraction of sp³-hybridized carbons (Fsp3) is 0.556. The highest BCUT2D eigenvalue weighted by molar-refractivity contribution is 6.27. The lowest BCUT2D eigenvalue weighted by atomic mass is 9.86. The summed E-state index contributed by atoms with van der Waals surface area (Å²) < 4.78 is 10.4. The third kappa shape index (κ3) is 6.69. The van der Waals surface area contributed by atoms with E-state index in [0.717, 1.165) is 6.42 Å². The molecule has 0 radical (unpaired) electrons. The van der Waals surface area contributed by atoms with Crippen molar-refractivity contribution >= 4 is 17.6 Å². The minimum absolute atomic E-state index is 0.0635. The zero-order chi connectivity index (χ0) is 21.3. The smallest absolute Gasteiger partial charge is 0.414 e. The van der Waals surface area contributed by atoms with Gasteiger partial charge in [0.2, 0.25) is 0 Å². The van der Waals surface area contributed by atoms with E-state index in [2.05, 4.69) is 12.2 Å². The van der Waals surface area contributed by atoms with E-state index in [1.54, 1.807) is 6.07 Å². The lowest BCUT2D eigenvalue weighted by Gasteiger charge is -2.29. The van der Waals surface area contributed by atoms with Gasteiger partial charge in [0.1, 0.15) is 0 Å². The molecule has 2 rings (SSSR count). The molecule has 0 aliphatic heterocycles. The van der Waals surface area contributed by atoms with Gasteiger partial charge in [-0.25, -0.2) is 9.59 Å². The van der Waals surface area contributed by atoms with Crippen LogP contribution in [0.25, 0.3) is 0 Å². The maximum absolute atomic E-state index is 11.3. The highest BCUT2D eigenvalue weighted by atomic mass is 16.6. The molecule has 0 heterocycles. The predicted molar refractivity (Wildman–Crippen MR) is 99.7 cm³/mol. The number of methoxy groups -OCH3 is 2. The number of carboxylic acid groups (broad SMARTS) is 2. The predicted octanol–water partition coefficient (Wildman–Crippen LogP) is 2.44. The Hall–Kier alpha value is -2.88. The zero-order valence-corrected chi connectivity index (χ0v) is 16.1. The normalized spacial score (nSPS) is 18.4. The topological polar surface area (TPSA) is 148 Å². The summed E-state index contributed by atoms with van der Waals surface area (Å²) in [5.74, 6) is -2.15. The summed E-state index contributed by atoms with van der Waals surface area (Å²) >= 11 is 0. The van der Waals surface area contributed by atoms with Crippen molar-refractivity contribution in [2.75, 3.05) is 14.2 Å². The molecule has 1 saturated carbocycles. The Morgan fingerprint density at radius 1 is 1.14 bits per heavy atom. The Kier molecular flexibility index (Phi) is 9.16. The van der Waals surface area contributed by atoms with Crippen molar-refractivity contribution in [3.63, 3.8) is 0 Å². The number of hydrogen-bond acceptors (Lipinski definition) is 7. The first kappa shape index (κ1) is 23.2. The second-order valence-electron chi connectivity index (χ2n) is 6.45. The second-order valence-corrected chi connectivity index (χ2v) is 6.45. The molecule has 2 unspecified atom stereocenters. The van der Waals surface area contributed by atoms with Gasteiger partial charge in [-0.2, -0.15) is 0 Å². The first-order valence-electron chi connectivity index (χ1n) is 8.80. The first-order valence-corrected chi connectivity index (χ1v) is 8.80. The third-order valence-corrected chi connectivity index (χ3v) is 4.63. The number of carboxylic acids is 2. The molecule has 0 spiro atoms. The fourth-order valence-electron chi connectivity index (χ4n) is 3.08. The van der Waals surface area contributed by atoms with Gasteiger partial charge in [0.05, 0.1) is 25.2 Å². The summed E-state index contributed by atoms with van der Waals surface area (Å²) in [7, 11) is 3.01. The van der Waals surface area contributed by atoms with Gasteiger partial charge in [0.15, 0.2) is 11.5 Å². The molecule has 156 valence electrons. The number of rotatable bonds is 6. The molecule has 1 aromatic carbocycles. The Labute approximate surface area is 162 Å². The van der Waals surface area contributed by atoms with Gasteiger partial charge >= 0.3 is 11.9 Å². The van der Waals surface area contributed by atoms with E-state index in [-0.39, 0.29) is 10.6 Å². The molecular weight excluding hydrogens is 372 g/mol. The molecule has 10 nitrogen and oxygen atoms in total. The van der Waals surface area contributed by atoms with Crippen molar-refractivity contribution in [3.05, 3.63) is 27.8 Å². The maximum atomic E-state index is 11.3. The first-order chi connectivity index (χ1) is 13.2. The summed E-state index contributed by atoms with van der Waals surface area (Å²) in [6, 6.07) is 3.54. The van der Waals surface area contributed by atoms with Crippen molar-refractivity contribution < 1.29 is 34.2 Å². The Balaban J connectivity index is 0.000000568. The molecule has 0 aromatic heterocycles. The van der Waals surface area contributed by atoms with E-state index in [0.29, 0.717) is 35.6 Å². The molecule has 28 heavy (non-hydrogen) atoms.